The molecule has 0 aliphatic carbocycles. The normalized spacial score (nSPS) is 10.1. The molecule has 0 fully saturated rings. The van der Waals surface area contributed by atoms with Crippen LogP contribution in [-0.2, 0) is 11.4 Å². The lowest BCUT2D eigenvalue weighted by atomic mass is 10.1. The number of benzene rings is 2. The van der Waals surface area contributed by atoms with Gasteiger partial charge in [0.2, 0.25) is 0 Å². The Bertz CT molecular complexity index is 934. The molecule has 0 spiro atoms. The van der Waals surface area contributed by atoms with Crippen molar-refractivity contribution < 1.29 is 19.4 Å². The Morgan fingerprint density at radius 3 is 2.45 bits per heavy atom. The minimum atomic E-state index is -1.16. The summed E-state index contributed by atoms with van der Waals surface area (Å²) in [6.07, 6.45) is 0.945. The molecule has 2 aromatic carbocycles. The summed E-state index contributed by atoms with van der Waals surface area (Å²) < 4.78 is 5.72. The van der Waals surface area contributed by atoms with Crippen LogP contribution in [0.4, 0.5) is 5.69 Å². The second kappa shape index (κ2) is 10.6. The van der Waals surface area contributed by atoms with Crippen LogP contribution in [0.3, 0.4) is 0 Å². The molecule has 3 N–H and O–H groups in total. The number of amides is 1. The summed E-state index contributed by atoms with van der Waals surface area (Å²) in [5.74, 6) is -1.59. The maximum Gasteiger partial charge on any atom is 0.322 e. The van der Waals surface area contributed by atoms with Crippen molar-refractivity contribution in [3.8, 4) is 11.8 Å². The first-order chi connectivity index (χ1) is 13.8. The van der Waals surface area contributed by atoms with Crippen LogP contribution in [-0.4, -0.2) is 30.1 Å². The van der Waals surface area contributed by atoms with E-state index in [-0.39, 0.29) is 28.0 Å². The summed E-state index contributed by atoms with van der Waals surface area (Å²) in [5, 5.41) is 23.5. The van der Waals surface area contributed by atoms with Gasteiger partial charge < -0.3 is 20.5 Å². The number of ether oxygens (including phenoxy) is 1. The van der Waals surface area contributed by atoms with Crippen molar-refractivity contribution in [2.45, 2.75) is 20.0 Å². The van der Waals surface area contributed by atoms with Gasteiger partial charge in [-0.05, 0) is 42.3 Å². The Kier molecular flexibility index (Phi) is 8.13. The number of nitriles is 1. The molecule has 152 valence electrons. The molecule has 7 nitrogen and oxygen atoms in total. The van der Waals surface area contributed by atoms with E-state index >= 15 is 0 Å². The van der Waals surface area contributed by atoms with Crippen molar-refractivity contribution in [1.29, 1.82) is 5.26 Å². The Hall–Kier alpha value is -2.95. The first-order valence-corrected chi connectivity index (χ1v) is 9.49. The predicted octanol–water partition coefficient (Wildman–Crippen LogP) is 4.08. The number of hydrogen-bond acceptors (Lipinski definition) is 5. The number of nitrogens with zero attached hydrogens (tertiary/aromatic N) is 1. The van der Waals surface area contributed by atoms with Crippen LogP contribution in [0.2, 0.25) is 10.0 Å². The lowest BCUT2D eigenvalue weighted by molar-refractivity contribution is -0.135. The zero-order valence-corrected chi connectivity index (χ0v) is 17.1. The van der Waals surface area contributed by atoms with Crippen LogP contribution in [0.1, 0.15) is 34.8 Å². The van der Waals surface area contributed by atoms with E-state index in [2.05, 4.69) is 16.7 Å². The minimum Gasteiger partial charge on any atom is -0.486 e. The first-order valence-electron chi connectivity index (χ1n) is 8.73. The smallest absolute Gasteiger partial charge is 0.322 e. The fraction of sp³-hybridized carbons (Fsp3) is 0.250. The monoisotopic (exact) mass is 435 g/mol. The Labute approximate surface area is 178 Å². The number of nitrogens with one attached hydrogen (secondary N) is 2. The van der Waals surface area contributed by atoms with Crippen molar-refractivity contribution in [3.05, 3.63) is 57.1 Å². The third kappa shape index (κ3) is 6.56. The molecule has 0 aliphatic rings. The second-order valence-corrected chi connectivity index (χ2v) is 6.91. The topological polar surface area (TPSA) is 111 Å². The summed E-state index contributed by atoms with van der Waals surface area (Å²) >= 11 is 12.4. The minimum absolute atomic E-state index is 0.110. The second-order valence-electron chi connectivity index (χ2n) is 6.09. The zero-order chi connectivity index (χ0) is 21.4. The van der Waals surface area contributed by atoms with Crippen LogP contribution < -0.4 is 15.4 Å². The standard InChI is InChI=1S/C20H19Cl2N3O4/c1-2-3-24-15-5-12(9-23)4-13(6-15)11-29-19-16(21)7-14(8-17(19)22)20(28)25-10-18(26)27/h4-8,24H,2-3,10-11H2,1H3,(H,25,28)(H,26,27). The third-order valence-corrected chi connectivity index (χ3v) is 4.31. The van der Waals surface area contributed by atoms with Crippen molar-refractivity contribution in [3.63, 3.8) is 0 Å². The highest BCUT2D eigenvalue weighted by Crippen LogP contribution is 2.35. The van der Waals surface area contributed by atoms with E-state index in [4.69, 9.17) is 33.0 Å². The number of carbonyl (C=O) groups excluding carboxylic acids is 1. The lowest BCUT2D eigenvalue weighted by Gasteiger charge is -2.13. The molecule has 0 aromatic heterocycles. The Morgan fingerprint density at radius 1 is 1.17 bits per heavy atom. The molecule has 0 saturated heterocycles. The fourth-order valence-electron chi connectivity index (χ4n) is 2.45. The third-order valence-electron chi connectivity index (χ3n) is 3.74. The zero-order valence-electron chi connectivity index (χ0n) is 15.6. The van der Waals surface area contributed by atoms with E-state index in [1.807, 2.05) is 13.0 Å². The predicted molar refractivity (Wildman–Crippen MR) is 111 cm³/mol. The number of anilines is 1. The van der Waals surface area contributed by atoms with Crippen LogP contribution in [0.5, 0.6) is 5.75 Å². The molecular formula is C20H19Cl2N3O4. The van der Waals surface area contributed by atoms with Crippen LogP contribution in [0.25, 0.3) is 0 Å². The largest absolute Gasteiger partial charge is 0.486 e. The molecule has 2 aromatic rings. The average Bonchev–Trinajstić information content (AvgIpc) is 2.69. The van der Waals surface area contributed by atoms with Crippen LogP contribution in [0.15, 0.2) is 30.3 Å². The summed E-state index contributed by atoms with van der Waals surface area (Å²) in [6.45, 7) is 2.41. The van der Waals surface area contributed by atoms with Gasteiger partial charge in [-0.1, -0.05) is 30.1 Å². The van der Waals surface area contributed by atoms with Gasteiger partial charge in [-0.2, -0.15) is 5.26 Å². The van der Waals surface area contributed by atoms with Gasteiger partial charge in [0.15, 0.2) is 5.75 Å². The van der Waals surface area contributed by atoms with Gasteiger partial charge in [0, 0.05) is 17.8 Å². The lowest BCUT2D eigenvalue weighted by Crippen LogP contribution is -2.29. The molecule has 0 heterocycles. The first kappa shape index (κ1) is 22.3. The van der Waals surface area contributed by atoms with E-state index in [0.29, 0.717) is 5.56 Å². The van der Waals surface area contributed by atoms with E-state index < -0.39 is 18.4 Å². The summed E-state index contributed by atoms with van der Waals surface area (Å²) in [7, 11) is 0. The number of hydrogen-bond donors (Lipinski definition) is 3. The van der Waals surface area contributed by atoms with Crippen LogP contribution >= 0.6 is 23.2 Å². The molecule has 0 aliphatic heterocycles. The molecule has 0 bridgehead atoms. The van der Waals surface area contributed by atoms with Crippen molar-refractivity contribution in [2.24, 2.45) is 0 Å². The van der Waals surface area contributed by atoms with E-state index in [9.17, 15) is 14.9 Å². The summed E-state index contributed by atoms with van der Waals surface area (Å²) in [4.78, 5) is 22.5. The van der Waals surface area contributed by atoms with Crippen molar-refractivity contribution in [2.75, 3.05) is 18.4 Å². The molecule has 0 radical (unpaired) electrons. The number of aliphatic carboxylic acids is 1. The van der Waals surface area contributed by atoms with Gasteiger partial charge >= 0.3 is 5.97 Å². The van der Waals surface area contributed by atoms with Gasteiger partial charge in [0.1, 0.15) is 13.2 Å². The van der Waals surface area contributed by atoms with E-state index in [0.717, 1.165) is 24.2 Å². The Balaban J connectivity index is 2.15. The molecule has 0 atom stereocenters. The maximum atomic E-state index is 12.0. The highest BCUT2D eigenvalue weighted by molar-refractivity contribution is 6.37. The molecule has 1 amide bonds. The number of carboxylic acid groups (broad SMARTS) is 1. The number of halogens is 2. The molecule has 0 unspecified atom stereocenters. The van der Waals surface area contributed by atoms with Crippen molar-refractivity contribution in [1.82, 2.24) is 5.32 Å². The fourth-order valence-corrected chi connectivity index (χ4v) is 3.05. The van der Waals surface area contributed by atoms with Crippen molar-refractivity contribution >= 4 is 40.8 Å². The number of carbonyl (C=O) groups is 2. The van der Waals surface area contributed by atoms with Gasteiger partial charge in [0.05, 0.1) is 21.7 Å². The summed E-state index contributed by atoms with van der Waals surface area (Å²) in [5.41, 5.74) is 2.17. The van der Waals surface area contributed by atoms with Crippen LogP contribution in [0, 0.1) is 11.3 Å². The molecule has 9 heteroatoms. The molecule has 2 rings (SSSR count). The quantitative estimate of drug-likeness (QED) is 0.546. The van der Waals surface area contributed by atoms with Gasteiger partial charge in [0.25, 0.3) is 5.91 Å². The highest BCUT2D eigenvalue weighted by Gasteiger charge is 2.15. The number of rotatable bonds is 9. The van der Waals surface area contributed by atoms with Gasteiger partial charge in [-0.15, -0.1) is 0 Å². The molecular weight excluding hydrogens is 417 g/mol. The molecule has 0 saturated carbocycles. The SMILES string of the molecule is CCCNc1cc(C#N)cc(COc2c(Cl)cc(C(=O)NCC(=O)O)cc2Cl)c1. The maximum absolute atomic E-state index is 12.0. The van der Waals surface area contributed by atoms with Gasteiger partial charge in [-0.25, -0.2) is 0 Å². The van der Waals surface area contributed by atoms with E-state index in [1.165, 1.54) is 12.1 Å². The summed E-state index contributed by atoms with van der Waals surface area (Å²) in [6, 6.07) is 10.1. The van der Waals surface area contributed by atoms with Gasteiger partial charge in [-0.3, -0.25) is 9.59 Å². The average molecular weight is 436 g/mol. The molecule has 29 heavy (non-hydrogen) atoms. The Morgan fingerprint density at radius 2 is 1.86 bits per heavy atom. The number of carboxylic acids is 1. The van der Waals surface area contributed by atoms with E-state index in [1.54, 1.807) is 12.1 Å². The highest BCUT2D eigenvalue weighted by atomic mass is 35.5.